The van der Waals surface area contributed by atoms with Crippen LogP contribution in [-0.2, 0) is 0 Å². The molecule has 1 nitrogen and oxygen atoms in total. The van der Waals surface area contributed by atoms with E-state index in [4.69, 9.17) is 0 Å². The molecule has 0 N–H and O–H groups in total. The van der Waals surface area contributed by atoms with Crippen LogP contribution in [0.1, 0.15) is 13.3 Å². The topological polar surface area (TPSA) is 3.24 Å². The number of hydrogen-bond acceptors (Lipinski definition) is 1. The van der Waals surface area contributed by atoms with Gasteiger partial charge in [-0.2, -0.15) is 0 Å². The zero-order valence-electron chi connectivity index (χ0n) is 7.27. The average Bonchev–Trinajstić information content (AvgIpc) is 2.53. The highest BCUT2D eigenvalue weighted by atomic mass is 15.2. The summed E-state index contributed by atoms with van der Waals surface area (Å²) in [5.74, 6) is 0. The van der Waals surface area contributed by atoms with Gasteiger partial charge in [-0.15, -0.1) is 0 Å². The van der Waals surface area contributed by atoms with Crippen molar-refractivity contribution in [3.63, 3.8) is 0 Å². The van der Waals surface area contributed by atoms with Crippen LogP contribution in [-0.4, -0.2) is 6.04 Å². The van der Waals surface area contributed by atoms with Crippen molar-refractivity contribution in [1.29, 1.82) is 0 Å². The molecule has 1 heteroatoms. The van der Waals surface area contributed by atoms with Crippen LogP contribution in [0.25, 0.3) is 0 Å². The van der Waals surface area contributed by atoms with E-state index < -0.39 is 0 Å². The molecular weight excluding hydrogens is 146 g/mol. The third-order valence-electron chi connectivity index (χ3n) is 2.27. The summed E-state index contributed by atoms with van der Waals surface area (Å²) in [4.78, 5) is 2.31. The molecule has 1 aromatic carbocycles. The van der Waals surface area contributed by atoms with E-state index >= 15 is 0 Å². The Morgan fingerprint density at radius 2 is 2.00 bits per heavy atom. The lowest BCUT2D eigenvalue weighted by atomic mass is 10.2. The van der Waals surface area contributed by atoms with Crippen molar-refractivity contribution < 1.29 is 0 Å². The van der Waals surface area contributed by atoms with Crippen molar-refractivity contribution in [2.24, 2.45) is 0 Å². The Bertz CT molecular complexity index is 276. The van der Waals surface area contributed by atoms with Gasteiger partial charge in [0.15, 0.2) is 0 Å². The van der Waals surface area contributed by atoms with Gasteiger partial charge in [0.25, 0.3) is 0 Å². The minimum atomic E-state index is 0.618. The molecule has 1 aromatic rings. The monoisotopic (exact) mass is 159 g/mol. The molecule has 1 unspecified atom stereocenters. The molecular formula is C11H13N. The van der Waals surface area contributed by atoms with Crippen molar-refractivity contribution in [3.05, 3.63) is 42.6 Å². The minimum Gasteiger partial charge on any atom is -0.345 e. The van der Waals surface area contributed by atoms with Crippen molar-refractivity contribution in [1.82, 2.24) is 0 Å². The number of benzene rings is 1. The molecule has 0 aromatic heterocycles. The van der Waals surface area contributed by atoms with Gasteiger partial charge in [0, 0.05) is 17.9 Å². The molecule has 0 saturated carbocycles. The maximum atomic E-state index is 2.31. The summed E-state index contributed by atoms with van der Waals surface area (Å²) in [5, 5.41) is 0. The van der Waals surface area contributed by atoms with Crippen molar-refractivity contribution in [2.45, 2.75) is 19.4 Å². The summed E-state index contributed by atoms with van der Waals surface area (Å²) in [5.41, 5.74) is 1.29. The van der Waals surface area contributed by atoms with Gasteiger partial charge >= 0.3 is 0 Å². The number of nitrogens with zero attached hydrogens (tertiary/aromatic N) is 1. The molecule has 62 valence electrons. The molecule has 2 rings (SSSR count). The molecule has 1 aliphatic rings. The first-order chi connectivity index (χ1) is 5.88. The second kappa shape index (κ2) is 3.02. The van der Waals surface area contributed by atoms with E-state index in [0.717, 1.165) is 6.42 Å². The normalized spacial score (nSPS) is 21.8. The lowest BCUT2D eigenvalue weighted by molar-refractivity contribution is 0.760. The van der Waals surface area contributed by atoms with Crippen LogP contribution < -0.4 is 4.90 Å². The Morgan fingerprint density at radius 3 is 2.58 bits per heavy atom. The highest BCUT2D eigenvalue weighted by Crippen LogP contribution is 2.22. The third-order valence-corrected chi connectivity index (χ3v) is 2.27. The lowest BCUT2D eigenvalue weighted by Gasteiger charge is -2.21. The van der Waals surface area contributed by atoms with Gasteiger partial charge < -0.3 is 4.90 Å². The van der Waals surface area contributed by atoms with E-state index in [1.807, 2.05) is 6.07 Å². The largest absolute Gasteiger partial charge is 0.345 e. The van der Waals surface area contributed by atoms with Crippen LogP contribution in [0, 0.1) is 0 Å². The summed E-state index contributed by atoms with van der Waals surface area (Å²) in [6.07, 6.45) is 5.55. The SMILES string of the molecule is CC1CC=CN1c1ccccc1. The highest BCUT2D eigenvalue weighted by molar-refractivity contribution is 5.51. The first-order valence-electron chi connectivity index (χ1n) is 4.38. The Labute approximate surface area is 73.3 Å². The van der Waals surface area contributed by atoms with Gasteiger partial charge in [-0.1, -0.05) is 24.3 Å². The van der Waals surface area contributed by atoms with Gasteiger partial charge in [-0.05, 0) is 25.5 Å². The van der Waals surface area contributed by atoms with Gasteiger partial charge in [-0.3, -0.25) is 0 Å². The Balaban J connectivity index is 2.25. The predicted octanol–water partition coefficient (Wildman–Crippen LogP) is 2.80. The van der Waals surface area contributed by atoms with Gasteiger partial charge in [0.05, 0.1) is 0 Å². The number of rotatable bonds is 1. The maximum absolute atomic E-state index is 2.31. The molecule has 0 spiro atoms. The maximum Gasteiger partial charge on any atom is 0.0408 e. The fraction of sp³-hybridized carbons (Fsp3) is 0.273. The molecule has 0 aliphatic carbocycles. The molecule has 1 atom stereocenters. The van der Waals surface area contributed by atoms with Crippen molar-refractivity contribution in [3.8, 4) is 0 Å². The molecule has 1 aliphatic heterocycles. The smallest absolute Gasteiger partial charge is 0.0408 e. The zero-order valence-corrected chi connectivity index (χ0v) is 7.27. The van der Waals surface area contributed by atoms with E-state index in [1.165, 1.54) is 5.69 Å². The summed E-state index contributed by atoms with van der Waals surface area (Å²) in [6, 6.07) is 11.1. The molecule has 0 saturated heterocycles. The fourth-order valence-electron chi connectivity index (χ4n) is 1.57. The quantitative estimate of drug-likeness (QED) is 0.609. The molecule has 0 radical (unpaired) electrons. The summed E-state index contributed by atoms with van der Waals surface area (Å²) in [6.45, 7) is 2.24. The Morgan fingerprint density at radius 1 is 1.25 bits per heavy atom. The summed E-state index contributed by atoms with van der Waals surface area (Å²) >= 11 is 0. The van der Waals surface area contributed by atoms with E-state index in [9.17, 15) is 0 Å². The zero-order chi connectivity index (χ0) is 8.39. The van der Waals surface area contributed by atoms with E-state index in [0.29, 0.717) is 6.04 Å². The van der Waals surface area contributed by atoms with E-state index in [1.54, 1.807) is 0 Å². The summed E-state index contributed by atoms with van der Waals surface area (Å²) in [7, 11) is 0. The van der Waals surface area contributed by atoms with E-state index in [-0.39, 0.29) is 0 Å². The second-order valence-corrected chi connectivity index (χ2v) is 3.21. The van der Waals surface area contributed by atoms with Crippen LogP contribution in [0.2, 0.25) is 0 Å². The minimum absolute atomic E-state index is 0.618. The molecule has 12 heavy (non-hydrogen) atoms. The van der Waals surface area contributed by atoms with Crippen LogP contribution in [0.5, 0.6) is 0 Å². The standard InChI is InChI=1S/C11H13N/c1-10-6-5-9-12(10)11-7-3-2-4-8-11/h2-5,7-10H,6H2,1H3. The van der Waals surface area contributed by atoms with E-state index in [2.05, 4.69) is 48.4 Å². The van der Waals surface area contributed by atoms with Gasteiger partial charge in [0.2, 0.25) is 0 Å². The van der Waals surface area contributed by atoms with Crippen LogP contribution in [0.4, 0.5) is 5.69 Å². The van der Waals surface area contributed by atoms with Crippen molar-refractivity contribution >= 4 is 5.69 Å². The average molecular weight is 159 g/mol. The first kappa shape index (κ1) is 7.41. The molecule has 1 heterocycles. The molecule has 0 amide bonds. The van der Waals surface area contributed by atoms with Crippen LogP contribution in [0.3, 0.4) is 0 Å². The first-order valence-corrected chi connectivity index (χ1v) is 4.38. The Kier molecular flexibility index (Phi) is 1.86. The van der Waals surface area contributed by atoms with Gasteiger partial charge in [0.1, 0.15) is 0 Å². The highest BCUT2D eigenvalue weighted by Gasteiger charge is 2.14. The predicted molar refractivity (Wildman–Crippen MR) is 52.1 cm³/mol. The van der Waals surface area contributed by atoms with Crippen LogP contribution >= 0.6 is 0 Å². The fourth-order valence-corrected chi connectivity index (χ4v) is 1.57. The van der Waals surface area contributed by atoms with Crippen LogP contribution in [0.15, 0.2) is 42.6 Å². The number of anilines is 1. The Hall–Kier alpha value is -1.24. The third kappa shape index (κ3) is 1.22. The van der Waals surface area contributed by atoms with Crippen molar-refractivity contribution in [2.75, 3.05) is 4.90 Å². The number of hydrogen-bond donors (Lipinski definition) is 0. The lowest BCUT2D eigenvalue weighted by Crippen LogP contribution is -2.22. The number of para-hydroxylation sites is 1. The van der Waals surface area contributed by atoms with Gasteiger partial charge in [-0.25, -0.2) is 0 Å². The second-order valence-electron chi connectivity index (χ2n) is 3.21. The molecule has 0 bridgehead atoms. The summed E-state index contributed by atoms with van der Waals surface area (Å²) < 4.78 is 0. The molecule has 0 fully saturated rings.